The number of nitrogens with zero attached hydrogens (tertiary/aromatic N) is 2. The summed E-state index contributed by atoms with van der Waals surface area (Å²) in [5.41, 5.74) is 0.355. The molecule has 0 aromatic rings. The molecule has 3 fully saturated rings. The van der Waals surface area contributed by atoms with Gasteiger partial charge in [-0.15, -0.1) is 0 Å². The molecule has 138 valence electrons. The third-order valence-corrected chi connectivity index (χ3v) is 6.46. The van der Waals surface area contributed by atoms with Crippen LogP contribution in [0.5, 0.6) is 0 Å². The van der Waals surface area contributed by atoms with Crippen molar-refractivity contribution in [3.8, 4) is 0 Å². The Labute approximate surface area is 147 Å². The number of piperidine rings is 1. The monoisotopic (exact) mass is 337 g/mol. The first-order valence-electron chi connectivity index (χ1n) is 9.76. The van der Waals surface area contributed by atoms with Crippen LogP contribution in [-0.4, -0.2) is 67.3 Å². The minimum Gasteiger partial charge on any atom is -0.381 e. The number of hydrogen-bond acceptors (Lipinski definition) is 3. The smallest absolute Gasteiger partial charge is 0.317 e. The molecule has 24 heavy (non-hydrogen) atoms. The highest BCUT2D eigenvalue weighted by molar-refractivity contribution is 5.74. The summed E-state index contributed by atoms with van der Waals surface area (Å²) in [7, 11) is 0. The van der Waals surface area contributed by atoms with Crippen LogP contribution in [0.3, 0.4) is 0 Å². The summed E-state index contributed by atoms with van der Waals surface area (Å²) in [6.07, 6.45) is 5.95. The maximum absolute atomic E-state index is 12.6. The van der Waals surface area contributed by atoms with Crippen molar-refractivity contribution in [1.29, 1.82) is 0 Å². The summed E-state index contributed by atoms with van der Waals surface area (Å²) in [5.74, 6) is 0.765. The number of hydrogen-bond donors (Lipinski definition) is 1. The summed E-state index contributed by atoms with van der Waals surface area (Å²) < 4.78 is 5.50. The Morgan fingerprint density at radius 2 is 2.00 bits per heavy atom. The molecule has 5 heteroatoms. The van der Waals surface area contributed by atoms with Gasteiger partial charge in [0, 0.05) is 44.9 Å². The van der Waals surface area contributed by atoms with Gasteiger partial charge in [-0.05, 0) is 63.8 Å². The van der Waals surface area contributed by atoms with Crippen LogP contribution in [0, 0.1) is 11.3 Å². The van der Waals surface area contributed by atoms with Crippen molar-refractivity contribution in [3.63, 3.8) is 0 Å². The predicted molar refractivity (Wildman–Crippen MR) is 96.1 cm³/mol. The standard InChI is InChI=1S/C19H35N3O2/c1-16-5-4-9-22(13-16)18(2,3)14-20-17(23)21-10-6-19(15-21)7-11-24-12-8-19/h16H,4-15H2,1-3H3,(H,20,23)/t16-/m0/s1. The van der Waals surface area contributed by atoms with Crippen molar-refractivity contribution in [3.05, 3.63) is 0 Å². The first-order valence-corrected chi connectivity index (χ1v) is 9.76. The lowest BCUT2D eigenvalue weighted by molar-refractivity contribution is 0.0207. The lowest BCUT2D eigenvalue weighted by Gasteiger charge is -2.43. The zero-order chi connectivity index (χ0) is 17.2. The summed E-state index contributed by atoms with van der Waals surface area (Å²) in [6, 6.07) is 0.122. The Kier molecular flexibility index (Phi) is 5.40. The molecular weight excluding hydrogens is 302 g/mol. The fourth-order valence-electron chi connectivity index (χ4n) is 4.58. The van der Waals surface area contributed by atoms with Crippen LogP contribution in [0.15, 0.2) is 0 Å². The van der Waals surface area contributed by atoms with Crippen molar-refractivity contribution in [2.45, 2.75) is 58.4 Å². The lowest BCUT2D eigenvalue weighted by atomic mass is 9.80. The van der Waals surface area contributed by atoms with Crippen molar-refractivity contribution >= 4 is 6.03 Å². The van der Waals surface area contributed by atoms with Gasteiger partial charge >= 0.3 is 6.03 Å². The van der Waals surface area contributed by atoms with Crippen LogP contribution in [0.4, 0.5) is 4.79 Å². The molecule has 1 atom stereocenters. The van der Waals surface area contributed by atoms with Crippen LogP contribution < -0.4 is 5.32 Å². The second-order valence-corrected chi connectivity index (χ2v) is 8.95. The maximum Gasteiger partial charge on any atom is 0.317 e. The topological polar surface area (TPSA) is 44.8 Å². The van der Waals surface area contributed by atoms with E-state index in [0.29, 0.717) is 5.41 Å². The van der Waals surface area contributed by atoms with Gasteiger partial charge in [0.15, 0.2) is 0 Å². The van der Waals surface area contributed by atoms with Gasteiger partial charge in [0.1, 0.15) is 0 Å². The first kappa shape index (κ1) is 18.0. The largest absolute Gasteiger partial charge is 0.381 e. The zero-order valence-corrected chi connectivity index (χ0v) is 15.8. The third kappa shape index (κ3) is 4.05. The van der Waals surface area contributed by atoms with Crippen molar-refractivity contribution in [1.82, 2.24) is 15.1 Å². The van der Waals surface area contributed by atoms with E-state index >= 15 is 0 Å². The normalized spacial score (nSPS) is 28.3. The van der Waals surface area contributed by atoms with Crippen molar-refractivity contribution in [2.24, 2.45) is 11.3 Å². The third-order valence-electron chi connectivity index (χ3n) is 6.46. The van der Waals surface area contributed by atoms with Gasteiger partial charge in [-0.3, -0.25) is 4.90 Å². The molecular formula is C19H35N3O2. The van der Waals surface area contributed by atoms with E-state index in [9.17, 15) is 4.79 Å². The molecule has 5 nitrogen and oxygen atoms in total. The second-order valence-electron chi connectivity index (χ2n) is 8.95. The fourth-order valence-corrected chi connectivity index (χ4v) is 4.58. The molecule has 3 heterocycles. The van der Waals surface area contributed by atoms with E-state index in [1.807, 2.05) is 4.90 Å². The van der Waals surface area contributed by atoms with Crippen LogP contribution in [0.2, 0.25) is 0 Å². The van der Waals surface area contributed by atoms with E-state index in [0.717, 1.165) is 71.1 Å². The number of rotatable bonds is 3. The molecule has 3 aliphatic rings. The molecule has 3 aliphatic heterocycles. The highest BCUT2D eigenvalue weighted by atomic mass is 16.5. The molecule has 1 N–H and O–H groups in total. The highest BCUT2D eigenvalue weighted by Gasteiger charge is 2.41. The molecule has 0 saturated carbocycles. The predicted octanol–water partition coefficient (Wildman–Crippen LogP) is 2.71. The Bertz CT molecular complexity index is 446. The number of amides is 2. The fraction of sp³-hybridized carbons (Fsp3) is 0.947. The summed E-state index contributed by atoms with van der Waals surface area (Å²) >= 11 is 0. The number of carbonyl (C=O) groups excluding carboxylic acids is 1. The number of likely N-dealkylation sites (tertiary alicyclic amines) is 2. The molecule has 0 radical (unpaired) electrons. The highest BCUT2D eigenvalue weighted by Crippen LogP contribution is 2.39. The molecule has 3 saturated heterocycles. The molecule has 1 spiro atoms. The van der Waals surface area contributed by atoms with E-state index in [2.05, 4.69) is 31.0 Å². The molecule has 2 amide bonds. The van der Waals surface area contributed by atoms with Crippen molar-refractivity contribution in [2.75, 3.05) is 45.9 Å². The molecule has 0 aromatic heterocycles. The quantitative estimate of drug-likeness (QED) is 0.861. The van der Waals surface area contributed by atoms with Gasteiger partial charge in [-0.25, -0.2) is 4.79 Å². The minimum atomic E-state index is 0.0282. The van der Waals surface area contributed by atoms with E-state index in [-0.39, 0.29) is 11.6 Å². The van der Waals surface area contributed by atoms with E-state index in [4.69, 9.17) is 4.74 Å². The Morgan fingerprint density at radius 3 is 2.71 bits per heavy atom. The van der Waals surface area contributed by atoms with E-state index < -0.39 is 0 Å². The molecule has 0 bridgehead atoms. The molecule has 0 aromatic carbocycles. The average Bonchev–Trinajstić information content (AvgIpc) is 2.97. The Balaban J connectivity index is 1.48. The number of nitrogens with one attached hydrogen (secondary N) is 1. The van der Waals surface area contributed by atoms with Gasteiger partial charge < -0.3 is 15.0 Å². The Hall–Kier alpha value is -0.810. The van der Waals surface area contributed by atoms with Gasteiger partial charge in [-0.1, -0.05) is 6.92 Å². The van der Waals surface area contributed by atoms with Crippen molar-refractivity contribution < 1.29 is 9.53 Å². The zero-order valence-electron chi connectivity index (χ0n) is 15.8. The molecule has 3 rings (SSSR count). The van der Waals surface area contributed by atoms with Crippen LogP contribution in [-0.2, 0) is 4.74 Å². The van der Waals surface area contributed by atoms with Gasteiger partial charge in [0.25, 0.3) is 0 Å². The number of urea groups is 1. The summed E-state index contributed by atoms with van der Waals surface area (Å²) in [5, 5.41) is 3.21. The molecule has 0 aliphatic carbocycles. The van der Waals surface area contributed by atoms with Gasteiger partial charge in [0.2, 0.25) is 0 Å². The summed E-state index contributed by atoms with van der Waals surface area (Å²) in [6.45, 7) is 13.4. The minimum absolute atomic E-state index is 0.0282. The lowest BCUT2D eigenvalue weighted by Crippen LogP contribution is -2.56. The average molecular weight is 338 g/mol. The van der Waals surface area contributed by atoms with Crippen LogP contribution in [0.25, 0.3) is 0 Å². The second kappa shape index (κ2) is 7.20. The van der Waals surface area contributed by atoms with E-state index in [1.54, 1.807) is 0 Å². The number of ether oxygens (including phenoxy) is 1. The summed E-state index contributed by atoms with van der Waals surface area (Å²) in [4.78, 5) is 17.2. The maximum atomic E-state index is 12.6. The molecule has 0 unspecified atom stereocenters. The Morgan fingerprint density at radius 1 is 1.25 bits per heavy atom. The SMILES string of the molecule is C[C@H]1CCCN(C(C)(C)CNC(=O)N2CCC3(CCOCC3)C2)C1. The van der Waals surface area contributed by atoms with E-state index in [1.165, 1.54) is 12.8 Å². The van der Waals surface area contributed by atoms with Gasteiger partial charge in [0.05, 0.1) is 0 Å². The number of carbonyl (C=O) groups is 1. The first-order chi connectivity index (χ1) is 11.4. The van der Waals surface area contributed by atoms with Crippen LogP contribution in [0.1, 0.15) is 52.9 Å². The van der Waals surface area contributed by atoms with Crippen LogP contribution >= 0.6 is 0 Å². The van der Waals surface area contributed by atoms with Gasteiger partial charge in [-0.2, -0.15) is 0 Å².